The van der Waals surface area contributed by atoms with E-state index < -0.39 is 0 Å². The molecular weight excluding hydrogens is 322 g/mol. The first-order valence-corrected chi connectivity index (χ1v) is 9.30. The van der Waals surface area contributed by atoms with Gasteiger partial charge in [-0.05, 0) is 43.0 Å². The van der Waals surface area contributed by atoms with Crippen molar-refractivity contribution in [1.82, 2.24) is 14.9 Å². The van der Waals surface area contributed by atoms with Crippen LogP contribution in [0, 0.1) is 0 Å². The van der Waals surface area contributed by atoms with Gasteiger partial charge in [0.25, 0.3) is 5.91 Å². The van der Waals surface area contributed by atoms with E-state index in [0.717, 1.165) is 16.6 Å². The molecule has 1 saturated carbocycles. The van der Waals surface area contributed by atoms with Crippen LogP contribution >= 0.6 is 0 Å². The maximum Gasteiger partial charge on any atom is 0.253 e. The van der Waals surface area contributed by atoms with Crippen molar-refractivity contribution in [2.75, 3.05) is 7.05 Å². The molecule has 2 aliphatic carbocycles. The minimum Gasteiger partial charge on any atom is -0.337 e. The molecule has 130 valence electrons. The molecule has 0 radical (unpaired) electrons. The van der Waals surface area contributed by atoms with Crippen LogP contribution in [-0.4, -0.2) is 27.8 Å². The molecule has 2 unspecified atom stereocenters. The van der Waals surface area contributed by atoms with Crippen LogP contribution in [0.4, 0.5) is 0 Å². The Morgan fingerprint density at radius 1 is 1.00 bits per heavy atom. The van der Waals surface area contributed by atoms with E-state index in [1.165, 1.54) is 30.7 Å². The summed E-state index contributed by atoms with van der Waals surface area (Å²) in [4.78, 5) is 24.3. The third-order valence-corrected chi connectivity index (χ3v) is 5.78. The number of hydrogen-bond donors (Lipinski definition) is 0. The van der Waals surface area contributed by atoms with Gasteiger partial charge in [0.15, 0.2) is 0 Å². The van der Waals surface area contributed by atoms with E-state index in [0.29, 0.717) is 23.9 Å². The molecule has 2 bridgehead atoms. The number of fused-ring (bicyclic) bond motifs is 6. The number of nitrogens with zero attached hydrogens (tertiary/aromatic N) is 3. The van der Waals surface area contributed by atoms with Crippen LogP contribution in [0.3, 0.4) is 0 Å². The van der Waals surface area contributed by atoms with Gasteiger partial charge in [0, 0.05) is 31.0 Å². The lowest BCUT2D eigenvalue weighted by atomic mass is 10.00. The van der Waals surface area contributed by atoms with Crippen LogP contribution in [0.15, 0.2) is 48.5 Å². The first-order valence-electron chi connectivity index (χ1n) is 9.30. The van der Waals surface area contributed by atoms with Crippen molar-refractivity contribution >= 4 is 16.9 Å². The second kappa shape index (κ2) is 5.90. The average Bonchev–Trinajstić information content (AvgIpc) is 3.28. The summed E-state index contributed by atoms with van der Waals surface area (Å²) in [6.07, 6.45) is 3.69. The molecule has 0 N–H and O–H groups in total. The summed E-state index contributed by atoms with van der Waals surface area (Å²) in [6, 6.07) is 15.8. The molecular formula is C22H21N3O. The zero-order valence-corrected chi connectivity index (χ0v) is 14.9. The monoisotopic (exact) mass is 343 g/mol. The lowest BCUT2D eigenvalue weighted by molar-refractivity contribution is 0.0785. The fourth-order valence-electron chi connectivity index (χ4n) is 4.44. The number of carbonyl (C=O) groups is 1. The minimum absolute atomic E-state index is 0.0135. The Hall–Kier alpha value is -2.75. The zero-order valence-electron chi connectivity index (χ0n) is 14.9. The van der Waals surface area contributed by atoms with Gasteiger partial charge in [0.05, 0.1) is 22.4 Å². The van der Waals surface area contributed by atoms with E-state index in [9.17, 15) is 4.79 Å². The predicted octanol–water partition coefficient (Wildman–Crippen LogP) is 4.27. The molecule has 3 aromatic rings. The fourth-order valence-corrected chi connectivity index (χ4v) is 4.44. The molecule has 26 heavy (non-hydrogen) atoms. The van der Waals surface area contributed by atoms with E-state index in [2.05, 4.69) is 0 Å². The highest BCUT2D eigenvalue weighted by atomic mass is 16.2. The number of rotatable bonds is 3. The maximum atomic E-state index is 12.8. The Labute approximate surface area is 152 Å². The molecule has 2 aromatic carbocycles. The van der Waals surface area contributed by atoms with Gasteiger partial charge in [-0.2, -0.15) is 0 Å². The van der Waals surface area contributed by atoms with Crippen LogP contribution in [-0.2, 0) is 6.54 Å². The van der Waals surface area contributed by atoms with Gasteiger partial charge in [-0.1, -0.05) is 30.3 Å². The van der Waals surface area contributed by atoms with Crippen molar-refractivity contribution in [1.29, 1.82) is 0 Å². The first-order chi connectivity index (χ1) is 12.7. The summed E-state index contributed by atoms with van der Waals surface area (Å²) >= 11 is 0. The number of carbonyl (C=O) groups excluding carboxylic acids is 1. The van der Waals surface area contributed by atoms with Crippen LogP contribution in [0.2, 0.25) is 0 Å². The Bertz CT molecular complexity index is 999. The van der Waals surface area contributed by atoms with Crippen molar-refractivity contribution in [3.8, 4) is 0 Å². The zero-order chi connectivity index (χ0) is 17.7. The van der Waals surface area contributed by atoms with Crippen molar-refractivity contribution in [2.45, 2.75) is 37.6 Å². The summed E-state index contributed by atoms with van der Waals surface area (Å²) in [6.45, 7) is 0.595. The molecule has 4 nitrogen and oxygen atoms in total. The standard InChI is InChI=1S/C22H21N3O/c1-25(13-14-5-3-2-4-6-14)22(26)17-9-10-18-19(12-17)24-21-16-8-7-15(11-16)20(21)23-18/h2-6,9-10,12,15-16H,7-8,11,13H2,1H3. The predicted molar refractivity (Wildman–Crippen MR) is 101 cm³/mol. The van der Waals surface area contributed by atoms with E-state index in [1.807, 2.05) is 55.6 Å². The maximum absolute atomic E-state index is 12.8. The van der Waals surface area contributed by atoms with Crippen molar-refractivity contribution in [2.24, 2.45) is 0 Å². The van der Waals surface area contributed by atoms with Crippen LogP contribution in [0.1, 0.15) is 58.4 Å². The molecule has 2 atom stereocenters. The van der Waals surface area contributed by atoms with Crippen molar-refractivity contribution in [3.05, 3.63) is 71.0 Å². The average molecular weight is 343 g/mol. The quantitative estimate of drug-likeness (QED) is 0.713. The highest BCUT2D eigenvalue weighted by Crippen LogP contribution is 2.51. The van der Waals surface area contributed by atoms with Gasteiger partial charge < -0.3 is 4.90 Å². The van der Waals surface area contributed by atoms with Gasteiger partial charge >= 0.3 is 0 Å². The largest absolute Gasteiger partial charge is 0.337 e. The second-order valence-electron chi connectivity index (χ2n) is 7.55. The van der Waals surface area contributed by atoms with E-state index in [1.54, 1.807) is 4.90 Å². The molecule has 1 fully saturated rings. The molecule has 2 aliphatic rings. The number of hydrogen-bond acceptors (Lipinski definition) is 3. The van der Waals surface area contributed by atoms with E-state index in [-0.39, 0.29) is 5.91 Å². The van der Waals surface area contributed by atoms with Crippen LogP contribution in [0.25, 0.3) is 11.0 Å². The van der Waals surface area contributed by atoms with Gasteiger partial charge in [-0.25, -0.2) is 9.97 Å². The van der Waals surface area contributed by atoms with Crippen molar-refractivity contribution < 1.29 is 4.79 Å². The molecule has 0 spiro atoms. The normalized spacial score (nSPS) is 20.3. The highest BCUT2D eigenvalue weighted by Gasteiger charge is 2.39. The smallest absolute Gasteiger partial charge is 0.253 e. The Morgan fingerprint density at radius 3 is 2.42 bits per heavy atom. The van der Waals surface area contributed by atoms with Crippen molar-refractivity contribution in [3.63, 3.8) is 0 Å². The summed E-state index contributed by atoms with van der Waals surface area (Å²) in [5.74, 6) is 1.19. The molecule has 1 heterocycles. The summed E-state index contributed by atoms with van der Waals surface area (Å²) in [5.41, 5.74) is 5.92. The molecule has 0 aliphatic heterocycles. The van der Waals surface area contributed by atoms with Crippen LogP contribution in [0.5, 0.6) is 0 Å². The number of benzene rings is 2. The van der Waals surface area contributed by atoms with E-state index >= 15 is 0 Å². The summed E-state index contributed by atoms with van der Waals surface area (Å²) in [5, 5.41) is 0. The van der Waals surface area contributed by atoms with Gasteiger partial charge in [-0.15, -0.1) is 0 Å². The van der Waals surface area contributed by atoms with Gasteiger partial charge in [0.2, 0.25) is 0 Å². The summed E-state index contributed by atoms with van der Waals surface area (Å²) < 4.78 is 0. The fraction of sp³-hybridized carbons (Fsp3) is 0.318. The first kappa shape index (κ1) is 15.5. The molecule has 5 rings (SSSR count). The molecule has 1 aromatic heterocycles. The third kappa shape index (κ3) is 2.48. The minimum atomic E-state index is 0.0135. The summed E-state index contributed by atoms with van der Waals surface area (Å²) in [7, 11) is 1.84. The molecule has 1 amide bonds. The lowest BCUT2D eigenvalue weighted by Crippen LogP contribution is -2.26. The second-order valence-corrected chi connectivity index (χ2v) is 7.55. The van der Waals surface area contributed by atoms with Crippen LogP contribution < -0.4 is 0 Å². The number of aromatic nitrogens is 2. The topological polar surface area (TPSA) is 46.1 Å². The molecule has 4 heteroatoms. The molecule has 0 saturated heterocycles. The highest BCUT2D eigenvalue weighted by molar-refractivity contribution is 5.97. The third-order valence-electron chi connectivity index (χ3n) is 5.78. The van der Waals surface area contributed by atoms with Gasteiger partial charge in [0.1, 0.15) is 0 Å². The SMILES string of the molecule is CN(Cc1ccccc1)C(=O)c1ccc2nc3c(nc2c1)C1CCC3C1. The van der Waals surface area contributed by atoms with Gasteiger partial charge in [-0.3, -0.25) is 4.79 Å². The Balaban J connectivity index is 1.45. The van der Waals surface area contributed by atoms with E-state index in [4.69, 9.17) is 9.97 Å². The Morgan fingerprint density at radius 2 is 1.69 bits per heavy atom. The Kier molecular flexibility index (Phi) is 3.52. The number of amides is 1. The lowest BCUT2D eigenvalue weighted by Gasteiger charge is -2.18.